The van der Waals surface area contributed by atoms with E-state index in [0.717, 1.165) is 11.1 Å². The fourth-order valence-electron chi connectivity index (χ4n) is 5.12. The highest BCUT2D eigenvalue weighted by molar-refractivity contribution is 6.04. The Kier molecular flexibility index (Phi) is 7.77. The summed E-state index contributed by atoms with van der Waals surface area (Å²) in [5.74, 6) is 1.28. The van der Waals surface area contributed by atoms with Crippen LogP contribution in [0.1, 0.15) is 30.5 Å². The van der Waals surface area contributed by atoms with Gasteiger partial charge < -0.3 is 33.2 Å². The Morgan fingerprint density at radius 3 is 2.10 bits per heavy atom. The van der Waals surface area contributed by atoms with Gasteiger partial charge in [0.25, 0.3) is 0 Å². The zero-order valence-electron chi connectivity index (χ0n) is 23.6. The lowest BCUT2D eigenvalue weighted by Crippen LogP contribution is -2.33. The Morgan fingerprint density at radius 2 is 1.45 bits per heavy atom. The van der Waals surface area contributed by atoms with Gasteiger partial charge in [-0.2, -0.15) is 0 Å². The van der Waals surface area contributed by atoms with Crippen LogP contribution in [0.3, 0.4) is 0 Å². The van der Waals surface area contributed by atoms with Crippen molar-refractivity contribution in [3.05, 3.63) is 125 Å². The van der Waals surface area contributed by atoms with Gasteiger partial charge in [-0.25, -0.2) is 4.79 Å². The Labute approximate surface area is 244 Å². The van der Waals surface area contributed by atoms with Crippen LogP contribution in [0.4, 0.5) is 0 Å². The molecule has 6 rings (SSSR count). The van der Waals surface area contributed by atoms with Gasteiger partial charge in [0.05, 0.1) is 18.8 Å². The first-order valence-electron chi connectivity index (χ1n) is 13.9. The average molecular weight is 569 g/mol. The summed E-state index contributed by atoms with van der Waals surface area (Å²) in [6.45, 7) is 3.89. The molecule has 0 radical (unpaired) electrons. The highest BCUT2D eigenvalue weighted by atomic mass is 16.7. The monoisotopic (exact) mass is 568 g/mol. The quantitative estimate of drug-likeness (QED) is 0.288. The summed E-state index contributed by atoms with van der Waals surface area (Å²) in [6.07, 6.45) is 1.93. The van der Waals surface area contributed by atoms with E-state index in [1.165, 1.54) is 19.6 Å². The van der Waals surface area contributed by atoms with E-state index in [9.17, 15) is 4.79 Å². The van der Waals surface area contributed by atoms with Gasteiger partial charge >= 0.3 is 5.97 Å². The molecule has 0 saturated heterocycles. The van der Waals surface area contributed by atoms with Crippen molar-refractivity contribution in [2.24, 2.45) is 0 Å². The highest BCUT2D eigenvalue weighted by Crippen LogP contribution is 2.46. The maximum atomic E-state index is 13.5. The van der Waals surface area contributed by atoms with Gasteiger partial charge in [-0.15, -0.1) is 0 Å². The van der Waals surface area contributed by atoms with Crippen molar-refractivity contribution in [2.75, 3.05) is 7.11 Å². The predicted octanol–water partition coefficient (Wildman–Crippen LogP) is 6.08. The van der Waals surface area contributed by atoms with E-state index in [1.54, 1.807) is 0 Å². The van der Waals surface area contributed by atoms with Crippen LogP contribution < -0.4 is 9.47 Å². The second kappa shape index (κ2) is 11.9. The van der Waals surface area contributed by atoms with Crippen molar-refractivity contribution in [2.45, 2.75) is 51.5 Å². The van der Waals surface area contributed by atoms with Gasteiger partial charge in [-0.3, -0.25) is 0 Å². The average Bonchev–Trinajstić information content (AvgIpc) is 3.66. The molecule has 0 amide bonds. The normalized spacial score (nSPS) is 20.7. The zero-order valence-corrected chi connectivity index (χ0v) is 23.6. The number of allylic oxidation sites excluding steroid dienone is 1. The lowest BCUT2D eigenvalue weighted by Gasteiger charge is -2.30. The summed E-state index contributed by atoms with van der Waals surface area (Å²) >= 11 is 0. The van der Waals surface area contributed by atoms with Gasteiger partial charge in [0.2, 0.25) is 12.6 Å². The lowest BCUT2D eigenvalue weighted by molar-refractivity contribution is -0.137. The van der Waals surface area contributed by atoms with Crippen molar-refractivity contribution in [3.8, 4) is 11.5 Å². The maximum absolute atomic E-state index is 13.5. The van der Waals surface area contributed by atoms with Gasteiger partial charge in [-0.1, -0.05) is 60.7 Å². The van der Waals surface area contributed by atoms with Crippen LogP contribution in [0.5, 0.6) is 11.5 Å². The zero-order chi connectivity index (χ0) is 29.1. The number of methoxy groups -OCH3 is 1. The third-order valence-electron chi connectivity index (χ3n) is 6.96. The minimum Gasteiger partial charge on any atom is -0.491 e. The highest BCUT2D eigenvalue weighted by Gasteiger charge is 2.43. The molecular formula is C34H32O8. The first-order chi connectivity index (χ1) is 20.5. The molecule has 0 aliphatic carbocycles. The molecule has 0 aromatic heterocycles. The minimum atomic E-state index is -0.949. The van der Waals surface area contributed by atoms with Crippen LogP contribution in [0.15, 0.2) is 108 Å². The fourth-order valence-corrected chi connectivity index (χ4v) is 5.12. The van der Waals surface area contributed by atoms with Gasteiger partial charge in [0.1, 0.15) is 24.0 Å². The number of hydrogen-bond donors (Lipinski definition) is 0. The molecule has 0 saturated carbocycles. The van der Waals surface area contributed by atoms with E-state index >= 15 is 0 Å². The molecule has 3 unspecified atom stereocenters. The Morgan fingerprint density at radius 1 is 0.810 bits per heavy atom. The third-order valence-corrected chi connectivity index (χ3v) is 6.96. The summed E-state index contributed by atoms with van der Waals surface area (Å²) < 4.78 is 41.9. The van der Waals surface area contributed by atoms with Crippen LogP contribution in [0.25, 0.3) is 5.57 Å². The van der Waals surface area contributed by atoms with E-state index in [0.29, 0.717) is 47.0 Å². The number of ether oxygens (including phenoxy) is 7. The largest absolute Gasteiger partial charge is 0.491 e. The van der Waals surface area contributed by atoms with Crippen LogP contribution in [-0.2, 0) is 41.3 Å². The second-order valence-electron chi connectivity index (χ2n) is 10.4. The Bertz CT molecular complexity index is 1520. The molecule has 3 aromatic carbocycles. The van der Waals surface area contributed by atoms with Crippen molar-refractivity contribution >= 4 is 11.5 Å². The van der Waals surface area contributed by atoms with Crippen LogP contribution in [-0.4, -0.2) is 37.9 Å². The molecule has 0 spiro atoms. The number of fused-ring (bicyclic) bond motifs is 1. The van der Waals surface area contributed by atoms with Gasteiger partial charge in [0.15, 0.2) is 17.6 Å². The van der Waals surface area contributed by atoms with Gasteiger partial charge in [-0.05, 0) is 43.2 Å². The molecule has 0 fully saturated rings. The SMILES string of the molecule is COC(=O)C1=C(C2=COC(Cc3ccccc3)O2)c2cc(OC(C)C)ccc2OC1C1=COC(Cc2ccccc2)O1. The fraction of sp³-hybridized carbons (Fsp3) is 0.265. The van der Waals surface area contributed by atoms with E-state index < -0.39 is 24.7 Å². The smallest absolute Gasteiger partial charge is 0.338 e. The van der Waals surface area contributed by atoms with Crippen LogP contribution in [0.2, 0.25) is 0 Å². The van der Waals surface area contributed by atoms with E-state index in [4.69, 9.17) is 33.2 Å². The molecule has 3 atom stereocenters. The third kappa shape index (κ3) is 5.79. The van der Waals surface area contributed by atoms with Crippen molar-refractivity contribution in [1.29, 1.82) is 0 Å². The molecule has 3 aromatic rings. The molecule has 3 aliphatic heterocycles. The number of esters is 1. The molecule has 42 heavy (non-hydrogen) atoms. The molecule has 3 aliphatic rings. The summed E-state index contributed by atoms with van der Waals surface area (Å²) in [4.78, 5) is 13.5. The maximum Gasteiger partial charge on any atom is 0.338 e. The summed E-state index contributed by atoms with van der Waals surface area (Å²) in [6, 6.07) is 25.3. The Hall–Kier alpha value is -4.85. The Balaban J connectivity index is 1.36. The number of rotatable bonds is 9. The van der Waals surface area contributed by atoms with Crippen LogP contribution in [0, 0.1) is 0 Å². The molecule has 0 N–H and O–H groups in total. The molecule has 8 heteroatoms. The van der Waals surface area contributed by atoms with E-state index in [2.05, 4.69) is 0 Å². The van der Waals surface area contributed by atoms with E-state index in [-0.39, 0.29) is 11.7 Å². The summed E-state index contributed by atoms with van der Waals surface area (Å²) in [5.41, 5.74) is 3.41. The lowest BCUT2D eigenvalue weighted by atomic mass is 9.90. The van der Waals surface area contributed by atoms with Crippen molar-refractivity contribution < 1.29 is 38.0 Å². The second-order valence-corrected chi connectivity index (χ2v) is 10.4. The van der Waals surface area contributed by atoms with Crippen molar-refractivity contribution in [1.82, 2.24) is 0 Å². The standard InChI is InChI=1S/C34H32O8/c1-21(2)39-24-14-15-26-25(18-24)31(27-19-37-29(40-27)16-22-10-6-4-7-11-22)32(34(35)36-3)33(42-26)28-20-38-30(41-28)17-23-12-8-5-9-13-23/h4-15,18-21,29-30,33H,16-17H2,1-3H3. The predicted molar refractivity (Wildman–Crippen MR) is 154 cm³/mol. The summed E-state index contributed by atoms with van der Waals surface area (Å²) in [7, 11) is 1.33. The molecular weight excluding hydrogens is 536 g/mol. The molecule has 0 bridgehead atoms. The number of carbonyl (C=O) groups is 1. The number of carbonyl (C=O) groups excluding carboxylic acids is 1. The van der Waals surface area contributed by atoms with Gasteiger partial charge in [0, 0.05) is 24.0 Å². The molecule has 216 valence electrons. The molecule has 3 heterocycles. The van der Waals surface area contributed by atoms with Crippen molar-refractivity contribution in [3.63, 3.8) is 0 Å². The first kappa shape index (κ1) is 27.3. The minimum absolute atomic E-state index is 0.0518. The van der Waals surface area contributed by atoms with Crippen LogP contribution >= 0.6 is 0 Å². The van der Waals surface area contributed by atoms with E-state index in [1.807, 2.05) is 92.7 Å². The summed E-state index contributed by atoms with van der Waals surface area (Å²) in [5, 5.41) is 0. The topological polar surface area (TPSA) is 81.7 Å². The number of benzene rings is 3. The molecule has 8 nitrogen and oxygen atoms in total. The first-order valence-corrected chi connectivity index (χ1v) is 13.9. The number of hydrogen-bond acceptors (Lipinski definition) is 8.